The molecule has 0 saturated carbocycles. The third kappa shape index (κ3) is 4.68. The fourth-order valence-corrected chi connectivity index (χ4v) is 3.55. The van der Waals surface area contributed by atoms with Gasteiger partial charge in [0, 0.05) is 5.56 Å². The van der Waals surface area contributed by atoms with Crippen molar-refractivity contribution >= 4 is 29.2 Å². The van der Waals surface area contributed by atoms with E-state index in [1.807, 2.05) is 12.3 Å². The summed E-state index contributed by atoms with van der Waals surface area (Å²) in [4.78, 5) is 25.5. The van der Waals surface area contributed by atoms with E-state index in [0.717, 1.165) is 5.56 Å². The number of allylic oxidation sites excluding steroid dienone is 1. The fourth-order valence-electron chi connectivity index (χ4n) is 2.73. The Morgan fingerprint density at radius 3 is 2.29 bits per heavy atom. The van der Waals surface area contributed by atoms with Gasteiger partial charge in [0.15, 0.2) is 17.3 Å². The molecule has 2 aromatic rings. The van der Waals surface area contributed by atoms with E-state index in [1.54, 1.807) is 40.7 Å². The number of thiophene rings is 1. The minimum Gasteiger partial charge on any atom is -0.493 e. The van der Waals surface area contributed by atoms with E-state index in [1.165, 1.54) is 30.6 Å². The first-order valence-electron chi connectivity index (χ1n) is 8.83. The lowest BCUT2D eigenvalue weighted by Gasteiger charge is -2.22. The van der Waals surface area contributed by atoms with Crippen LogP contribution in [-0.2, 0) is 4.74 Å². The van der Waals surface area contributed by atoms with E-state index in [-0.39, 0.29) is 17.1 Å². The summed E-state index contributed by atoms with van der Waals surface area (Å²) in [5, 5.41) is 1.90. The van der Waals surface area contributed by atoms with Crippen LogP contribution in [0.3, 0.4) is 0 Å². The Hall–Kier alpha value is -2.47. The third-order valence-corrected chi connectivity index (χ3v) is 5.25. The van der Waals surface area contributed by atoms with Gasteiger partial charge in [-0.3, -0.25) is 4.79 Å². The Balaban J connectivity index is 2.50. The first kappa shape index (κ1) is 21.8. The molecule has 1 aromatic heterocycles. The van der Waals surface area contributed by atoms with Crippen molar-refractivity contribution in [3.8, 4) is 5.75 Å². The Bertz CT molecular complexity index is 948. The lowest BCUT2D eigenvalue weighted by Crippen LogP contribution is -2.25. The number of halogens is 1. The molecule has 0 atom stereocenters. The summed E-state index contributed by atoms with van der Waals surface area (Å²) in [5.74, 6) is -1.80. The Morgan fingerprint density at radius 1 is 1.14 bits per heavy atom. The largest absolute Gasteiger partial charge is 0.493 e. The van der Waals surface area contributed by atoms with Crippen LogP contribution in [0.5, 0.6) is 5.75 Å². The van der Waals surface area contributed by atoms with Crippen LogP contribution >= 0.6 is 11.3 Å². The maximum absolute atomic E-state index is 15.1. The lowest BCUT2D eigenvalue weighted by molar-refractivity contribution is 0.00629. The average Bonchev–Trinajstić information content (AvgIpc) is 3.01. The van der Waals surface area contributed by atoms with Gasteiger partial charge in [-0.2, -0.15) is 0 Å². The molecular weight excluding hydrogens is 379 g/mol. The van der Waals surface area contributed by atoms with E-state index in [2.05, 4.69) is 0 Å². The minimum absolute atomic E-state index is 0.0876. The van der Waals surface area contributed by atoms with Gasteiger partial charge >= 0.3 is 5.97 Å². The van der Waals surface area contributed by atoms with Gasteiger partial charge in [0.05, 0.1) is 12.0 Å². The van der Waals surface area contributed by atoms with E-state index < -0.39 is 17.4 Å². The number of ketones is 1. The van der Waals surface area contributed by atoms with Crippen LogP contribution in [0.25, 0.3) is 6.08 Å². The molecule has 0 spiro atoms. The predicted octanol–water partition coefficient (Wildman–Crippen LogP) is 5.67. The van der Waals surface area contributed by atoms with E-state index in [9.17, 15) is 9.59 Å². The number of carbonyl (C=O) groups is 2. The maximum atomic E-state index is 15.1. The predicted molar refractivity (Wildman–Crippen MR) is 110 cm³/mol. The number of hydrogen-bond acceptors (Lipinski definition) is 5. The van der Waals surface area contributed by atoms with Crippen molar-refractivity contribution < 1.29 is 23.5 Å². The molecule has 0 aliphatic carbocycles. The Labute approximate surface area is 169 Å². The van der Waals surface area contributed by atoms with Gasteiger partial charge in [0.1, 0.15) is 11.2 Å². The number of rotatable bonds is 5. The van der Waals surface area contributed by atoms with Crippen LogP contribution in [-0.4, -0.2) is 24.5 Å². The zero-order chi connectivity index (χ0) is 21.2. The average molecular weight is 405 g/mol. The van der Waals surface area contributed by atoms with E-state index in [4.69, 9.17) is 9.47 Å². The van der Waals surface area contributed by atoms with Crippen LogP contribution in [0.15, 0.2) is 17.5 Å². The molecular formula is C22H25FO4S. The zero-order valence-corrected chi connectivity index (χ0v) is 18.0. The van der Waals surface area contributed by atoms with Crippen molar-refractivity contribution in [1.82, 2.24) is 0 Å². The van der Waals surface area contributed by atoms with Gasteiger partial charge in [-0.05, 0) is 81.8 Å². The highest BCUT2D eigenvalue weighted by molar-refractivity contribution is 7.12. The summed E-state index contributed by atoms with van der Waals surface area (Å²) in [6.07, 6.45) is 2.92. The molecule has 1 aromatic carbocycles. The second-order valence-corrected chi connectivity index (χ2v) is 8.48. The Morgan fingerprint density at radius 2 is 1.79 bits per heavy atom. The summed E-state index contributed by atoms with van der Waals surface area (Å²) in [6.45, 7) is 10.5. The van der Waals surface area contributed by atoms with Crippen molar-refractivity contribution in [3.63, 3.8) is 0 Å². The van der Waals surface area contributed by atoms with Crippen molar-refractivity contribution in [2.45, 2.75) is 47.1 Å². The molecule has 1 heterocycles. The van der Waals surface area contributed by atoms with Gasteiger partial charge in [-0.25, -0.2) is 9.18 Å². The molecule has 150 valence electrons. The summed E-state index contributed by atoms with van der Waals surface area (Å²) in [7, 11) is 1.33. The smallest absolute Gasteiger partial charge is 0.342 e. The van der Waals surface area contributed by atoms with Gasteiger partial charge in [-0.15, -0.1) is 11.3 Å². The van der Waals surface area contributed by atoms with Crippen molar-refractivity contribution in [2.75, 3.05) is 7.11 Å². The lowest BCUT2D eigenvalue weighted by atomic mass is 9.95. The zero-order valence-electron chi connectivity index (χ0n) is 17.2. The molecule has 0 N–H and O–H groups in total. The molecule has 0 amide bonds. The molecule has 28 heavy (non-hydrogen) atoms. The van der Waals surface area contributed by atoms with Gasteiger partial charge < -0.3 is 9.47 Å². The second-order valence-electron chi connectivity index (χ2n) is 7.57. The summed E-state index contributed by atoms with van der Waals surface area (Å²) >= 11 is 1.36. The van der Waals surface area contributed by atoms with E-state index >= 15 is 4.39 Å². The minimum atomic E-state index is -0.793. The Kier molecular flexibility index (Phi) is 6.44. The molecule has 0 fully saturated rings. The van der Waals surface area contributed by atoms with Crippen molar-refractivity contribution in [2.24, 2.45) is 0 Å². The van der Waals surface area contributed by atoms with E-state index in [0.29, 0.717) is 21.6 Å². The topological polar surface area (TPSA) is 52.6 Å². The molecule has 6 heteroatoms. The fraction of sp³-hybridized carbons (Fsp3) is 0.364. The molecule has 0 unspecified atom stereocenters. The molecule has 2 rings (SSSR count). The summed E-state index contributed by atoms with van der Waals surface area (Å²) in [5.41, 5.74) is 1.63. The summed E-state index contributed by atoms with van der Waals surface area (Å²) in [6, 6.07) is 1.80. The number of benzene rings is 1. The molecule has 0 aliphatic rings. The number of ether oxygens (including phenoxy) is 2. The van der Waals surface area contributed by atoms with Crippen LogP contribution in [0.1, 0.15) is 63.1 Å². The SMILES string of the molecule is COc1c(F)c(C(=O)OC(C)(C)C)c(C)c(C)c1C=CC(=O)c1cc(C)cs1. The second kappa shape index (κ2) is 8.27. The van der Waals surface area contributed by atoms with Crippen LogP contribution in [0.2, 0.25) is 0 Å². The van der Waals surface area contributed by atoms with Crippen LogP contribution in [0, 0.1) is 26.6 Å². The van der Waals surface area contributed by atoms with Crippen LogP contribution < -0.4 is 4.74 Å². The summed E-state index contributed by atoms with van der Waals surface area (Å²) < 4.78 is 25.7. The number of esters is 1. The highest BCUT2D eigenvalue weighted by Crippen LogP contribution is 2.34. The van der Waals surface area contributed by atoms with Gasteiger partial charge in [-0.1, -0.05) is 0 Å². The normalized spacial score (nSPS) is 11.7. The molecule has 0 saturated heterocycles. The molecule has 0 aliphatic heterocycles. The molecule has 0 radical (unpaired) electrons. The van der Waals surface area contributed by atoms with Crippen molar-refractivity contribution in [1.29, 1.82) is 0 Å². The molecule has 0 bridgehead atoms. The van der Waals surface area contributed by atoms with Gasteiger partial charge in [0.25, 0.3) is 0 Å². The quantitative estimate of drug-likeness (QED) is 0.366. The monoisotopic (exact) mass is 404 g/mol. The number of methoxy groups -OCH3 is 1. The maximum Gasteiger partial charge on any atom is 0.342 e. The van der Waals surface area contributed by atoms with Crippen molar-refractivity contribution in [3.05, 3.63) is 56.0 Å². The first-order chi connectivity index (χ1) is 13.0. The number of aryl methyl sites for hydroxylation is 1. The first-order valence-corrected chi connectivity index (χ1v) is 9.71. The molecule has 4 nitrogen and oxygen atoms in total. The van der Waals surface area contributed by atoms with Crippen LogP contribution in [0.4, 0.5) is 4.39 Å². The number of carbonyl (C=O) groups excluding carboxylic acids is 2. The number of hydrogen-bond donors (Lipinski definition) is 0. The standard InChI is InChI=1S/C22H25FO4S/c1-12-10-17(28-11-12)16(24)9-8-15-13(2)14(3)18(19(23)20(15)26-7)21(25)27-22(4,5)6/h8-11H,1-7H3. The van der Waals surface area contributed by atoms with Gasteiger partial charge in [0.2, 0.25) is 0 Å². The third-order valence-electron chi connectivity index (χ3n) is 4.19. The highest BCUT2D eigenvalue weighted by Gasteiger charge is 2.28. The highest BCUT2D eigenvalue weighted by atomic mass is 32.1.